The Morgan fingerprint density at radius 1 is 1.09 bits per heavy atom. The molecule has 0 saturated carbocycles. The Balaban J connectivity index is 1.44. The van der Waals surface area contributed by atoms with Crippen molar-refractivity contribution >= 4 is 50.6 Å². The Morgan fingerprint density at radius 3 is 2.42 bits per heavy atom. The topological polar surface area (TPSA) is 85.1 Å². The number of non-ortho nitro benzene ring substituents is 1. The molecule has 0 aliphatic heterocycles. The number of hydrogen-bond acceptors (Lipinski definition) is 6. The van der Waals surface area contributed by atoms with Gasteiger partial charge in [-0.15, -0.1) is 11.3 Å². The van der Waals surface area contributed by atoms with Gasteiger partial charge < -0.3 is 5.32 Å². The zero-order valence-electron chi connectivity index (χ0n) is 19.6. The molecule has 0 aliphatic rings. The van der Waals surface area contributed by atoms with E-state index < -0.39 is 0 Å². The van der Waals surface area contributed by atoms with Crippen molar-refractivity contribution in [1.82, 2.24) is 4.98 Å². The van der Waals surface area contributed by atoms with E-state index in [4.69, 9.17) is 0 Å². The lowest BCUT2D eigenvalue weighted by Gasteiger charge is -2.20. The van der Waals surface area contributed by atoms with Crippen LogP contribution in [-0.2, 0) is 4.79 Å². The number of nitrogens with zero attached hydrogens (tertiary/aromatic N) is 2. The van der Waals surface area contributed by atoms with E-state index in [0.717, 1.165) is 45.3 Å². The Morgan fingerprint density at radius 2 is 1.79 bits per heavy atom. The monoisotopic (exact) mass is 485 g/mol. The van der Waals surface area contributed by atoms with E-state index in [-0.39, 0.29) is 16.5 Å². The molecule has 176 valence electrons. The average molecular weight is 486 g/mol. The van der Waals surface area contributed by atoms with Gasteiger partial charge in [-0.05, 0) is 41.9 Å². The molecule has 1 N–H and O–H groups in total. The van der Waals surface area contributed by atoms with Gasteiger partial charge in [0, 0.05) is 30.0 Å². The number of rotatable bonds is 11. The lowest BCUT2D eigenvalue weighted by Crippen LogP contribution is -2.15. The molecular weight excluding hydrogens is 454 g/mol. The number of nitrogens with one attached hydrogen (secondary N) is 1. The Labute approximate surface area is 203 Å². The van der Waals surface area contributed by atoms with Crippen LogP contribution in [0.1, 0.15) is 76.3 Å². The highest BCUT2D eigenvalue weighted by Crippen LogP contribution is 2.33. The molecule has 8 heteroatoms. The van der Waals surface area contributed by atoms with Crippen LogP contribution >= 0.6 is 23.1 Å². The number of anilines is 1. The molecule has 0 unspecified atom stereocenters. The van der Waals surface area contributed by atoms with E-state index in [9.17, 15) is 14.9 Å². The van der Waals surface area contributed by atoms with Crippen LogP contribution in [-0.4, -0.2) is 21.6 Å². The number of para-hydroxylation sites is 1. The highest BCUT2D eigenvalue weighted by Gasteiger charge is 2.16. The van der Waals surface area contributed by atoms with Crippen molar-refractivity contribution in [2.45, 2.75) is 69.6 Å². The van der Waals surface area contributed by atoms with Crippen LogP contribution in [0.3, 0.4) is 0 Å². The van der Waals surface area contributed by atoms with Crippen LogP contribution in [0.2, 0.25) is 0 Å². The zero-order valence-corrected chi connectivity index (χ0v) is 21.2. The Kier molecular flexibility index (Phi) is 8.86. The van der Waals surface area contributed by atoms with Gasteiger partial charge in [-0.25, -0.2) is 4.98 Å². The second-order valence-electron chi connectivity index (χ2n) is 8.72. The van der Waals surface area contributed by atoms with Crippen molar-refractivity contribution in [1.29, 1.82) is 0 Å². The summed E-state index contributed by atoms with van der Waals surface area (Å²) in [5.41, 5.74) is 4.25. The molecule has 3 aromatic rings. The number of benzene rings is 2. The average Bonchev–Trinajstić information content (AvgIpc) is 3.17. The first-order valence-corrected chi connectivity index (χ1v) is 13.2. The van der Waals surface area contributed by atoms with E-state index in [1.807, 2.05) is 0 Å². The third-order valence-electron chi connectivity index (χ3n) is 5.47. The first-order chi connectivity index (χ1) is 15.8. The highest BCUT2D eigenvalue weighted by molar-refractivity contribution is 8.01. The van der Waals surface area contributed by atoms with Crippen molar-refractivity contribution in [2.75, 3.05) is 11.1 Å². The molecule has 0 bridgehead atoms. The summed E-state index contributed by atoms with van der Waals surface area (Å²) in [5.74, 6) is 1.69. The maximum Gasteiger partial charge on any atom is 0.270 e. The van der Waals surface area contributed by atoms with Gasteiger partial charge in [0.1, 0.15) is 0 Å². The highest BCUT2D eigenvalue weighted by atomic mass is 32.2. The third-order valence-corrected chi connectivity index (χ3v) is 7.72. The molecule has 3 rings (SSSR count). The second-order valence-corrected chi connectivity index (χ2v) is 11.1. The van der Waals surface area contributed by atoms with Crippen LogP contribution in [0.15, 0.2) is 40.7 Å². The summed E-state index contributed by atoms with van der Waals surface area (Å²) >= 11 is 3.16. The van der Waals surface area contributed by atoms with Gasteiger partial charge in [-0.2, -0.15) is 0 Å². The number of aromatic nitrogens is 1. The SMILES string of the molecule is CC(C)c1cccc(C(C)C)c1NC(=O)CCCCCSc1nc2ccc([N+](=O)[O-])cc2s1. The summed E-state index contributed by atoms with van der Waals surface area (Å²) in [6, 6.07) is 11.1. The zero-order chi connectivity index (χ0) is 24.0. The molecule has 0 spiro atoms. The molecule has 6 nitrogen and oxygen atoms in total. The van der Waals surface area contributed by atoms with Crippen LogP contribution in [0.5, 0.6) is 0 Å². The molecule has 1 aromatic heterocycles. The van der Waals surface area contributed by atoms with Crippen molar-refractivity contribution in [2.24, 2.45) is 0 Å². The van der Waals surface area contributed by atoms with Crippen LogP contribution < -0.4 is 5.32 Å². The number of thioether (sulfide) groups is 1. The molecule has 2 aromatic carbocycles. The van der Waals surface area contributed by atoms with E-state index in [1.165, 1.54) is 28.5 Å². The molecule has 1 amide bonds. The maximum atomic E-state index is 12.6. The van der Waals surface area contributed by atoms with Gasteiger partial charge in [0.05, 0.1) is 15.1 Å². The summed E-state index contributed by atoms with van der Waals surface area (Å²) < 4.78 is 1.76. The maximum absolute atomic E-state index is 12.6. The molecule has 33 heavy (non-hydrogen) atoms. The summed E-state index contributed by atoms with van der Waals surface area (Å²) in [6.45, 7) is 8.61. The normalized spacial score (nSPS) is 11.5. The molecule has 0 atom stereocenters. The fourth-order valence-electron chi connectivity index (χ4n) is 3.69. The number of carbonyl (C=O) groups excluding carboxylic acids is 1. The van der Waals surface area contributed by atoms with Crippen molar-refractivity contribution in [3.63, 3.8) is 0 Å². The number of fused-ring (bicyclic) bond motifs is 1. The number of nitro groups is 1. The molecule has 0 fully saturated rings. The predicted octanol–water partition coefficient (Wildman–Crippen LogP) is 7.74. The fraction of sp³-hybridized carbons (Fsp3) is 0.440. The van der Waals surface area contributed by atoms with Crippen LogP contribution in [0, 0.1) is 10.1 Å². The summed E-state index contributed by atoms with van der Waals surface area (Å²) in [7, 11) is 0. The van der Waals surface area contributed by atoms with Crippen LogP contribution in [0.25, 0.3) is 10.2 Å². The Bertz CT molecular complexity index is 1100. The first-order valence-electron chi connectivity index (χ1n) is 11.4. The third kappa shape index (κ3) is 6.77. The van der Waals surface area contributed by atoms with Crippen LogP contribution in [0.4, 0.5) is 11.4 Å². The van der Waals surface area contributed by atoms with E-state index in [1.54, 1.807) is 23.9 Å². The number of thiazole rings is 1. The smallest absolute Gasteiger partial charge is 0.270 e. The number of unbranched alkanes of at least 4 members (excludes halogenated alkanes) is 2. The first kappa shape index (κ1) is 25.2. The van der Waals surface area contributed by atoms with Crippen molar-refractivity contribution in [3.8, 4) is 0 Å². The predicted molar refractivity (Wildman–Crippen MR) is 139 cm³/mol. The summed E-state index contributed by atoms with van der Waals surface area (Å²) in [6.07, 6.45) is 3.33. The van der Waals surface area contributed by atoms with Gasteiger partial charge in [-0.3, -0.25) is 14.9 Å². The van der Waals surface area contributed by atoms with Crippen molar-refractivity contribution < 1.29 is 9.72 Å². The van der Waals surface area contributed by atoms with Gasteiger partial charge >= 0.3 is 0 Å². The molecule has 1 heterocycles. The van der Waals surface area contributed by atoms with E-state index in [0.29, 0.717) is 18.3 Å². The molecular formula is C25H31N3O3S2. The van der Waals surface area contributed by atoms with Crippen molar-refractivity contribution in [3.05, 3.63) is 57.6 Å². The lowest BCUT2D eigenvalue weighted by atomic mass is 9.92. The molecule has 0 saturated heterocycles. The Hall–Kier alpha value is -2.45. The van der Waals surface area contributed by atoms with Gasteiger partial charge in [0.25, 0.3) is 5.69 Å². The number of nitro benzene ring substituents is 1. The van der Waals surface area contributed by atoms with E-state index in [2.05, 4.69) is 56.2 Å². The minimum atomic E-state index is -0.382. The number of amides is 1. The largest absolute Gasteiger partial charge is 0.326 e. The quantitative estimate of drug-likeness (QED) is 0.130. The standard InChI is InChI=1S/C25H31N3O3S2/c1-16(2)19-9-8-10-20(17(3)4)24(19)27-23(29)11-6-5-7-14-32-25-26-21-13-12-18(28(30)31)15-22(21)33-25/h8-10,12-13,15-17H,5-7,11,14H2,1-4H3,(H,27,29). The minimum absolute atomic E-state index is 0.0745. The number of hydrogen-bond donors (Lipinski definition) is 1. The van der Waals surface area contributed by atoms with Gasteiger partial charge in [0.15, 0.2) is 4.34 Å². The molecule has 0 aliphatic carbocycles. The second kappa shape index (κ2) is 11.6. The number of carbonyl (C=O) groups is 1. The summed E-state index contributed by atoms with van der Waals surface area (Å²) in [5, 5.41) is 14.1. The molecule has 0 radical (unpaired) electrons. The van der Waals surface area contributed by atoms with E-state index >= 15 is 0 Å². The van der Waals surface area contributed by atoms with Gasteiger partial charge in [-0.1, -0.05) is 64.1 Å². The lowest BCUT2D eigenvalue weighted by molar-refractivity contribution is -0.384. The minimum Gasteiger partial charge on any atom is -0.326 e. The fourth-order valence-corrected chi connectivity index (χ4v) is 5.86. The van der Waals surface area contributed by atoms with Gasteiger partial charge in [0.2, 0.25) is 5.91 Å². The summed E-state index contributed by atoms with van der Waals surface area (Å²) in [4.78, 5) is 27.7.